The largest absolute Gasteiger partial charge is 0.292 e. The van der Waals surface area contributed by atoms with E-state index in [1.807, 2.05) is 4.72 Å². The van der Waals surface area contributed by atoms with E-state index in [9.17, 15) is 22.9 Å². The molecule has 1 aromatic carbocycles. The molecule has 0 aliphatic carbocycles. The van der Waals surface area contributed by atoms with E-state index in [1.54, 1.807) is 0 Å². The summed E-state index contributed by atoms with van der Waals surface area (Å²) in [6, 6.07) is 3.40. The minimum Gasteiger partial charge on any atom is -0.258 e. The van der Waals surface area contributed by atoms with Gasteiger partial charge in [0.1, 0.15) is 11.0 Å². The third-order valence-electron chi connectivity index (χ3n) is 2.25. The van der Waals surface area contributed by atoms with Gasteiger partial charge in [-0.25, -0.2) is 27.5 Å². The molecular formula is C10H6ClFN4O4S. The molecule has 0 spiro atoms. The summed E-state index contributed by atoms with van der Waals surface area (Å²) in [5.74, 6) is -1.29. The van der Waals surface area contributed by atoms with Gasteiger partial charge in [0, 0.05) is 6.20 Å². The molecule has 0 bridgehead atoms. The minimum absolute atomic E-state index is 0.0173. The Labute approximate surface area is 122 Å². The van der Waals surface area contributed by atoms with Gasteiger partial charge in [-0.05, 0) is 18.2 Å². The summed E-state index contributed by atoms with van der Waals surface area (Å²) in [6.07, 6.45) is 1.20. The van der Waals surface area contributed by atoms with Gasteiger partial charge in [-0.15, -0.1) is 0 Å². The van der Waals surface area contributed by atoms with E-state index in [1.165, 1.54) is 12.3 Å². The number of halogens is 2. The molecule has 11 heteroatoms. The number of nitrogens with one attached hydrogen (secondary N) is 1. The minimum atomic E-state index is -4.36. The second kappa shape index (κ2) is 5.58. The zero-order valence-electron chi connectivity index (χ0n) is 10.0. The second-order valence-corrected chi connectivity index (χ2v) is 5.72. The van der Waals surface area contributed by atoms with Crippen LogP contribution in [-0.2, 0) is 10.0 Å². The summed E-state index contributed by atoms with van der Waals surface area (Å²) in [4.78, 5) is 16.3. The van der Waals surface area contributed by atoms with Crippen LogP contribution in [0, 0.1) is 15.9 Å². The first-order valence-corrected chi connectivity index (χ1v) is 7.11. The smallest absolute Gasteiger partial charge is 0.258 e. The summed E-state index contributed by atoms with van der Waals surface area (Å²) in [6.45, 7) is 0. The van der Waals surface area contributed by atoms with Crippen molar-refractivity contribution < 1.29 is 17.7 Å². The van der Waals surface area contributed by atoms with Crippen LogP contribution in [0.5, 0.6) is 0 Å². The molecule has 2 rings (SSSR count). The van der Waals surface area contributed by atoms with Crippen molar-refractivity contribution in [2.24, 2.45) is 0 Å². The average molecular weight is 333 g/mol. The highest BCUT2D eigenvalue weighted by Gasteiger charge is 2.27. The number of rotatable bonds is 4. The predicted molar refractivity (Wildman–Crippen MR) is 70.9 cm³/mol. The van der Waals surface area contributed by atoms with Gasteiger partial charge >= 0.3 is 0 Å². The van der Waals surface area contributed by atoms with Crippen molar-refractivity contribution >= 4 is 33.3 Å². The molecule has 8 nitrogen and oxygen atoms in total. The van der Waals surface area contributed by atoms with Crippen molar-refractivity contribution in [3.63, 3.8) is 0 Å². The Balaban J connectivity index is 2.47. The van der Waals surface area contributed by atoms with Crippen molar-refractivity contribution in [3.05, 3.63) is 51.5 Å². The molecule has 0 radical (unpaired) electrons. The van der Waals surface area contributed by atoms with Gasteiger partial charge in [0.2, 0.25) is 5.95 Å². The first-order valence-electron chi connectivity index (χ1n) is 5.25. The molecule has 0 saturated carbocycles. The zero-order chi connectivity index (χ0) is 15.6. The molecule has 21 heavy (non-hydrogen) atoms. The summed E-state index contributed by atoms with van der Waals surface area (Å²) >= 11 is 5.58. The average Bonchev–Trinajstić information content (AvgIpc) is 2.37. The van der Waals surface area contributed by atoms with Crippen molar-refractivity contribution in [1.82, 2.24) is 9.97 Å². The van der Waals surface area contributed by atoms with E-state index < -0.39 is 31.3 Å². The Hall–Kier alpha value is -2.33. The first kappa shape index (κ1) is 15.1. The third kappa shape index (κ3) is 3.41. The number of hydrogen-bond donors (Lipinski definition) is 1. The highest BCUT2D eigenvalue weighted by molar-refractivity contribution is 7.92. The standard InChI is InChI=1S/C10H6ClFN4O4S/c11-9-3-4-13-10(14-9)15-21(19,20)8-2-1-6(12)5-7(8)16(17)18/h1-5H,(H,13,14,15). The molecule has 0 aliphatic heterocycles. The SMILES string of the molecule is O=[N+]([O-])c1cc(F)ccc1S(=O)(=O)Nc1nccc(Cl)n1. The van der Waals surface area contributed by atoms with Crippen LogP contribution in [0.3, 0.4) is 0 Å². The number of aromatic nitrogens is 2. The monoisotopic (exact) mass is 332 g/mol. The van der Waals surface area contributed by atoms with Crippen LogP contribution in [0.1, 0.15) is 0 Å². The Bertz CT molecular complexity index is 814. The Morgan fingerprint density at radius 3 is 2.67 bits per heavy atom. The number of benzene rings is 1. The fraction of sp³-hybridized carbons (Fsp3) is 0. The molecule has 0 unspecified atom stereocenters. The molecule has 1 heterocycles. The van der Waals surface area contributed by atoms with Gasteiger partial charge in [0.05, 0.1) is 11.0 Å². The van der Waals surface area contributed by atoms with E-state index in [2.05, 4.69) is 9.97 Å². The maximum Gasteiger partial charge on any atom is 0.292 e. The highest BCUT2D eigenvalue weighted by atomic mass is 35.5. The molecule has 0 fully saturated rings. The Kier molecular flexibility index (Phi) is 4.00. The Morgan fingerprint density at radius 2 is 2.05 bits per heavy atom. The van der Waals surface area contributed by atoms with Crippen LogP contribution >= 0.6 is 11.6 Å². The lowest BCUT2D eigenvalue weighted by Crippen LogP contribution is -2.16. The molecule has 2 aromatic rings. The number of nitrogens with zero attached hydrogens (tertiary/aromatic N) is 3. The molecular weight excluding hydrogens is 327 g/mol. The van der Waals surface area contributed by atoms with Gasteiger partial charge in [-0.2, -0.15) is 0 Å². The number of hydrogen-bond acceptors (Lipinski definition) is 6. The van der Waals surface area contributed by atoms with E-state index in [4.69, 9.17) is 11.6 Å². The molecule has 0 aliphatic rings. The van der Waals surface area contributed by atoms with Crippen LogP contribution in [0.4, 0.5) is 16.0 Å². The Morgan fingerprint density at radius 1 is 1.33 bits per heavy atom. The lowest BCUT2D eigenvalue weighted by atomic mass is 10.3. The normalized spacial score (nSPS) is 11.1. The van der Waals surface area contributed by atoms with Crippen LogP contribution < -0.4 is 4.72 Å². The third-order valence-corrected chi connectivity index (χ3v) is 3.84. The predicted octanol–water partition coefficient (Wildman–Crippen LogP) is 1.98. The van der Waals surface area contributed by atoms with Gasteiger partial charge in [-0.1, -0.05) is 11.6 Å². The van der Waals surface area contributed by atoms with Crippen molar-refractivity contribution in [2.45, 2.75) is 4.90 Å². The molecule has 0 saturated heterocycles. The highest BCUT2D eigenvalue weighted by Crippen LogP contribution is 2.25. The lowest BCUT2D eigenvalue weighted by Gasteiger charge is -2.07. The topological polar surface area (TPSA) is 115 Å². The fourth-order valence-corrected chi connectivity index (χ4v) is 2.66. The van der Waals surface area contributed by atoms with Gasteiger partial charge < -0.3 is 0 Å². The van der Waals surface area contributed by atoms with Crippen LogP contribution in [-0.4, -0.2) is 23.3 Å². The lowest BCUT2D eigenvalue weighted by molar-refractivity contribution is -0.388. The van der Waals surface area contributed by atoms with Gasteiger partial charge in [0.25, 0.3) is 15.7 Å². The first-order chi connectivity index (χ1) is 9.79. The van der Waals surface area contributed by atoms with E-state index in [-0.39, 0.29) is 11.1 Å². The van der Waals surface area contributed by atoms with E-state index in [0.29, 0.717) is 6.07 Å². The summed E-state index contributed by atoms with van der Waals surface area (Å²) in [5.41, 5.74) is -0.899. The van der Waals surface area contributed by atoms with Crippen LogP contribution in [0.25, 0.3) is 0 Å². The van der Waals surface area contributed by atoms with Crippen LogP contribution in [0.2, 0.25) is 5.15 Å². The number of sulfonamides is 1. The van der Waals surface area contributed by atoms with Crippen molar-refractivity contribution in [2.75, 3.05) is 4.72 Å². The van der Waals surface area contributed by atoms with Crippen molar-refractivity contribution in [3.8, 4) is 0 Å². The van der Waals surface area contributed by atoms with Crippen LogP contribution in [0.15, 0.2) is 35.4 Å². The zero-order valence-corrected chi connectivity index (χ0v) is 11.6. The molecule has 110 valence electrons. The van der Waals surface area contributed by atoms with Gasteiger partial charge in [-0.3, -0.25) is 10.1 Å². The maximum absolute atomic E-state index is 13.0. The summed E-state index contributed by atoms with van der Waals surface area (Å²) < 4.78 is 39.1. The number of nitro groups is 1. The fourth-order valence-electron chi connectivity index (χ4n) is 1.42. The molecule has 0 atom stereocenters. The quantitative estimate of drug-likeness (QED) is 0.520. The van der Waals surface area contributed by atoms with Crippen molar-refractivity contribution in [1.29, 1.82) is 0 Å². The number of anilines is 1. The summed E-state index contributed by atoms with van der Waals surface area (Å²) in [7, 11) is -4.36. The molecule has 0 amide bonds. The molecule has 1 aromatic heterocycles. The number of nitro benzene ring substituents is 1. The van der Waals surface area contributed by atoms with E-state index in [0.717, 1.165) is 12.1 Å². The van der Waals surface area contributed by atoms with E-state index >= 15 is 0 Å². The van der Waals surface area contributed by atoms with Gasteiger partial charge in [0.15, 0.2) is 4.90 Å². The molecule has 1 N–H and O–H groups in total. The second-order valence-electron chi connectivity index (χ2n) is 3.68. The maximum atomic E-state index is 13.0. The summed E-state index contributed by atoms with van der Waals surface area (Å²) in [5, 5.41) is 10.8.